The Balaban J connectivity index is 2.23. The molecular formula is C11H11N5O2. The zero-order valence-electron chi connectivity index (χ0n) is 9.70. The molecule has 0 atom stereocenters. The third-order valence-electron chi connectivity index (χ3n) is 2.11. The van der Waals surface area contributed by atoms with E-state index in [2.05, 4.69) is 20.4 Å². The fourth-order valence-corrected chi connectivity index (χ4v) is 1.42. The van der Waals surface area contributed by atoms with Crippen LogP contribution in [0.2, 0.25) is 0 Å². The van der Waals surface area contributed by atoms with Gasteiger partial charge in [0.25, 0.3) is 0 Å². The van der Waals surface area contributed by atoms with Crippen molar-refractivity contribution < 1.29 is 9.59 Å². The average Bonchev–Trinajstić information content (AvgIpc) is 2.81. The maximum Gasteiger partial charge on any atom is 0.231 e. The summed E-state index contributed by atoms with van der Waals surface area (Å²) in [5, 5.41) is 6.56. The normalized spacial score (nSPS) is 10.1. The molecule has 0 radical (unpaired) electrons. The number of Topliss-reactive ketones (excluding diaryl/α,β-unsaturated/α-hetero) is 1. The molecule has 7 nitrogen and oxygen atoms in total. The number of anilines is 1. The Morgan fingerprint density at radius 1 is 1.44 bits per heavy atom. The lowest BCUT2D eigenvalue weighted by molar-refractivity contribution is -0.124. The topological polar surface area (TPSA) is 89.8 Å². The molecule has 0 aliphatic heterocycles. The second-order valence-electron chi connectivity index (χ2n) is 3.64. The first-order chi connectivity index (χ1) is 8.66. The first kappa shape index (κ1) is 11.9. The van der Waals surface area contributed by atoms with Crippen molar-refractivity contribution in [3.8, 4) is 5.82 Å². The lowest BCUT2D eigenvalue weighted by Crippen LogP contribution is -2.16. The van der Waals surface area contributed by atoms with Crippen LogP contribution >= 0.6 is 0 Å². The van der Waals surface area contributed by atoms with E-state index in [0.717, 1.165) is 0 Å². The first-order valence-electron chi connectivity index (χ1n) is 5.26. The molecule has 1 amide bonds. The van der Waals surface area contributed by atoms with Gasteiger partial charge < -0.3 is 5.32 Å². The van der Waals surface area contributed by atoms with Gasteiger partial charge in [0.2, 0.25) is 5.91 Å². The first-order valence-corrected chi connectivity index (χ1v) is 5.26. The van der Waals surface area contributed by atoms with Crippen molar-refractivity contribution in [2.45, 2.75) is 13.3 Å². The highest BCUT2D eigenvalue weighted by molar-refractivity contribution is 6.04. The number of aromatic nitrogens is 4. The maximum absolute atomic E-state index is 11.5. The van der Waals surface area contributed by atoms with Gasteiger partial charge in [-0.2, -0.15) is 5.10 Å². The summed E-state index contributed by atoms with van der Waals surface area (Å²) >= 11 is 0. The Morgan fingerprint density at radius 3 is 2.94 bits per heavy atom. The molecular weight excluding hydrogens is 234 g/mol. The van der Waals surface area contributed by atoms with E-state index in [-0.39, 0.29) is 18.1 Å². The van der Waals surface area contributed by atoms with Gasteiger partial charge in [0, 0.05) is 6.20 Å². The number of pyridine rings is 1. The van der Waals surface area contributed by atoms with E-state index in [0.29, 0.717) is 11.5 Å². The van der Waals surface area contributed by atoms with Crippen molar-refractivity contribution in [3.63, 3.8) is 0 Å². The quantitative estimate of drug-likeness (QED) is 0.796. The molecule has 2 aromatic rings. The molecule has 0 aromatic carbocycles. The highest BCUT2D eigenvalue weighted by Crippen LogP contribution is 2.15. The van der Waals surface area contributed by atoms with Gasteiger partial charge in [0.05, 0.1) is 12.1 Å². The zero-order chi connectivity index (χ0) is 13.0. The van der Waals surface area contributed by atoms with Gasteiger partial charge in [-0.25, -0.2) is 14.6 Å². The molecule has 7 heteroatoms. The molecule has 2 rings (SSSR count). The smallest absolute Gasteiger partial charge is 0.231 e. The standard InChI is InChI=1S/C11H11N5O2/c1-8(17)5-10(18)15-9-3-2-4-13-11(9)16-7-12-6-14-16/h2-4,6-7H,5H2,1H3,(H,15,18). The number of carbonyl (C=O) groups excluding carboxylic acids is 2. The van der Waals surface area contributed by atoms with E-state index in [1.807, 2.05) is 0 Å². The van der Waals surface area contributed by atoms with Gasteiger partial charge in [-0.05, 0) is 19.1 Å². The molecule has 1 N–H and O–H groups in total. The SMILES string of the molecule is CC(=O)CC(=O)Nc1cccnc1-n1cncn1. The van der Waals surface area contributed by atoms with Gasteiger partial charge in [-0.3, -0.25) is 9.59 Å². The lowest BCUT2D eigenvalue weighted by Gasteiger charge is -2.08. The number of nitrogens with one attached hydrogen (secondary N) is 1. The molecule has 0 spiro atoms. The van der Waals surface area contributed by atoms with Crippen LogP contribution in [0.15, 0.2) is 31.0 Å². The number of nitrogens with zero attached hydrogens (tertiary/aromatic N) is 4. The number of ketones is 1. The van der Waals surface area contributed by atoms with Crippen LogP contribution in [-0.4, -0.2) is 31.4 Å². The second kappa shape index (κ2) is 5.17. The van der Waals surface area contributed by atoms with Crippen molar-refractivity contribution in [2.24, 2.45) is 0 Å². The summed E-state index contributed by atoms with van der Waals surface area (Å²) in [5.41, 5.74) is 0.481. The van der Waals surface area contributed by atoms with Gasteiger partial charge in [0.1, 0.15) is 18.4 Å². The van der Waals surface area contributed by atoms with E-state index in [4.69, 9.17) is 0 Å². The Labute approximate surface area is 103 Å². The van der Waals surface area contributed by atoms with Crippen molar-refractivity contribution in [1.82, 2.24) is 19.7 Å². The van der Waals surface area contributed by atoms with Crippen LogP contribution in [0.3, 0.4) is 0 Å². The number of carbonyl (C=O) groups is 2. The number of hydrogen-bond donors (Lipinski definition) is 1. The molecule has 0 aliphatic carbocycles. The Hall–Kier alpha value is -2.57. The summed E-state index contributed by atoms with van der Waals surface area (Å²) in [6.07, 6.45) is 4.27. The molecule has 92 valence electrons. The summed E-state index contributed by atoms with van der Waals surface area (Å²) in [7, 11) is 0. The van der Waals surface area contributed by atoms with Crippen LogP contribution < -0.4 is 5.32 Å². The van der Waals surface area contributed by atoms with Crippen LogP contribution in [-0.2, 0) is 9.59 Å². The number of hydrogen-bond acceptors (Lipinski definition) is 5. The predicted molar refractivity (Wildman–Crippen MR) is 63.1 cm³/mol. The summed E-state index contributed by atoms with van der Waals surface area (Å²) in [6.45, 7) is 1.36. The van der Waals surface area contributed by atoms with E-state index in [1.54, 1.807) is 18.3 Å². The van der Waals surface area contributed by atoms with Gasteiger partial charge in [0.15, 0.2) is 5.82 Å². The van der Waals surface area contributed by atoms with Gasteiger partial charge >= 0.3 is 0 Å². The third-order valence-corrected chi connectivity index (χ3v) is 2.11. The van der Waals surface area contributed by atoms with Crippen LogP contribution in [0.5, 0.6) is 0 Å². The fourth-order valence-electron chi connectivity index (χ4n) is 1.42. The largest absolute Gasteiger partial charge is 0.323 e. The predicted octanol–water partition coefficient (Wildman–Crippen LogP) is 0.580. The molecule has 18 heavy (non-hydrogen) atoms. The maximum atomic E-state index is 11.5. The minimum atomic E-state index is -0.378. The molecule has 0 bridgehead atoms. The lowest BCUT2D eigenvalue weighted by atomic mass is 10.3. The molecule has 0 aliphatic rings. The Morgan fingerprint density at radius 2 is 2.28 bits per heavy atom. The van der Waals surface area contributed by atoms with Crippen molar-refractivity contribution in [1.29, 1.82) is 0 Å². The highest BCUT2D eigenvalue weighted by Gasteiger charge is 2.11. The minimum absolute atomic E-state index is 0.161. The Kier molecular flexibility index (Phi) is 3.42. The number of amides is 1. The van der Waals surface area contributed by atoms with Gasteiger partial charge in [-0.1, -0.05) is 0 Å². The third kappa shape index (κ3) is 2.76. The molecule has 0 saturated carbocycles. The Bertz CT molecular complexity index is 565. The van der Waals surface area contributed by atoms with Gasteiger partial charge in [-0.15, -0.1) is 0 Å². The minimum Gasteiger partial charge on any atom is -0.323 e. The summed E-state index contributed by atoms with van der Waals surface area (Å²) in [6, 6.07) is 3.37. The van der Waals surface area contributed by atoms with E-state index in [1.165, 1.54) is 24.3 Å². The molecule has 0 fully saturated rings. The van der Waals surface area contributed by atoms with Crippen LogP contribution in [0, 0.1) is 0 Å². The van der Waals surface area contributed by atoms with Crippen molar-refractivity contribution in [3.05, 3.63) is 31.0 Å². The average molecular weight is 245 g/mol. The van der Waals surface area contributed by atoms with Crippen LogP contribution in [0.4, 0.5) is 5.69 Å². The second-order valence-corrected chi connectivity index (χ2v) is 3.64. The molecule has 2 heterocycles. The number of rotatable bonds is 4. The van der Waals surface area contributed by atoms with Crippen LogP contribution in [0.25, 0.3) is 5.82 Å². The van der Waals surface area contributed by atoms with Crippen LogP contribution in [0.1, 0.15) is 13.3 Å². The van der Waals surface area contributed by atoms with Crippen molar-refractivity contribution >= 4 is 17.4 Å². The molecule has 2 aromatic heterocycles. The summed E-state index contributed by atoms with van der Waals surface area (Å²) in [5.74, 6) is -0.123. The van der Waals surface area contributed by atoms with E-state index >= 15 is 0 Å². The fraction of sp³-hybridized carbons (Fsp3) is 0.182. The molecule has 0 saturated heterocycles. The molecule has 0 unspecified atom stereocenters. The summed E-state index contributed by atoms with van der Waals surface area (Å²) < 4.78 is 1.43. The highest BCUT2D eigenvalue weighted by atomic mass is 16.2. The van der Waals surface area contributed by atoms with E-state index < -0.39 is 0 Å². The zero-order valence-corrected chi connectivity index (χ0v) is 9.70. The summed E-state index contributed by atoms with van der Waals surface area (Å²) in [4.78, 5) is 30.3. The van der Waals surface area contributed by atoms with E-state index in [9.17, 15) is 9.59 Å². The van der Waals surface area contributed by atoms with Crippen molar-refractivity contribution in [2.75, 3.05) is 5.32 Å². The monoisotopic (exact) mass is 245 g/mol.